The minimum atomic E-state index is -0.371. The molecule has 0 radical (unpaired) electrons. The fourth-order valence-electron chi connectivity index (χ4n) is 3.24. The number of rotatable bonds is 1. The average molecular weight is 315 g/mol. The van der Waals surface area contributed by atoms with Crippen LogP contribution in [0, 0.1) is 0 Å². The van der Waals surface area contributed by atoms with Gasteiger partial charge < -0.3 is 14.2 Å². The molecule has 1 aromatic carbocycles. The number of anilines is 1. The SMILES string of the molecule is CN1C(=O)CC(C)(C)c2cc(B3OC(C)(C)C(C)(C)O3)ccc21. The highest BCUT2D eigenvalue weighted by Crippen LogP contribution is 2.40. The van der Waals surface area contributed by atoms with E-state index in [9.17, 15) is 4.79 Å². The van der Waals surface area contributed by atoms with E-state index in [0.717, 1.165) is 11.2 Å². The normalized spacial score (nSPS) is 24.7. The van der Waals surface area contributed by atoms with Crippen molar-refractivity contribution in [2.45, 2.75) is 64.6 Å². The number of carbonyl (C=O) groups is 1. The van der Waals surface area contributed by atoms with E-state index in [1.165, 1.54) is 5.56 Å². The maximum atomic E-state index is 12.2. The van der Waals surface area contributed by atoms with Crippen LogP contribution in [0.3, 0.4) is 0 Å². The minimum absolute atomic E-state index is 0.158. The average Bonchev–Trinajstić information content (AvgIpc) is 2.64. The van der Waals surface area contributed by atoms with Gasteiger partial charge in [0.1, 0.15) is 0 Å². The second kappa shape index (κ2) is 4.84. The lowest BCUT2D eigenvalue weighted by atomic mass is 9.71. The summed E-state index contributed by atoms with van der Waals surface area (Å²) in [5.74, 6) is 0.158. The van der Waals surface area contributed by atoms with E-state index in [1.54, 1.807) is 4.90 Å². The lowest BCUT2D eigenvalue weighted by Crippen LogP contribution is -2.42. The fourth-order valence-corrected chi connectivity index (χ4v) is 3.24. The zero-order valence-electron chi connectivity index (χ0n) is 15.2. The Morgan fingerprint density at radius 2 is 1.61 bits per heavy atom. The topological polar surface area (TPSA) is 38.8 Å². The molecule has 1 aromatic rings. The van der Waals surface area contributed by atoms with E-state index in [4.69, 9.17) is 9.31 Å². The fraction of sp³-hybridized carbons (Fsp3) is 0.611. The summed E-state index contributed by atoms with van der Waals surface area (Å²) in [7, 11) is 1.47. The molecule has 0 spiro atoms. The molecule has 1 fully saturated rings. The van der Waals surface area contributed by atoms with Crippen molar-refractivity contribution in [3.8, 4) is 0 Å². The molecule has 3 rings (SSSR count). The van der Waals surface area contributed by atoms with Crippen molar-refractivity contribution in [3.63, 3.8) is 0 Å². The largest absolute Gasteiger partial charge is 0.494 e. The number of amides is 1. The molecular weight excluding hydrogens is 289 g/mol. The Bertz CT molecular complexity index is 650. The van der Waals surface area contributed by atoms with Crippen LogP contribution in [-0.2, 0) is 19.5 Å². The molecule has 124 valence electrons. The first-order valence-corrected chi connectivity index (χ1v) is 8.21. The first kappa shape index (κ1) is 16.5. The third kappa shape index (κ3) is 2.50. The van der Waals surface area contributed by atoms with E-state index in [0.29, 0.717) is 6.42 Å². The number of carbonyl (C=O) groups excluding carboxylic acids is 1. The summed E-state index contributed by atoms with van der Waals surface area (Å²) in [5.41, 5.74) is 2.28. The second-order valence-corrected chi connectivity index (χ2v) is 8.38. The van der Waals surface area contributed by atoms with E-state index in [2.05, 4.69) is 47.6 Å². The van der Waals surface area contributed by atoms with Gasteiger partial charge in [-0.05, 0) is 44.8 Å². The third-order valence-electron chi connectivity index (χ3n) is 5.60. The maximum absolute atomic E-state index is 12.2. The van der Waals surface area contributed by atoms with Crippen molar-refractivity contribution < 1.29 is 14.1 Å². The Hall–Kier alpha value is -1.33. The van der Waals surface area contributed by atoms with Crippen LogP contribution in [0.4, 0.5) is 5.69 Å². The van der Waals surface area contributed by atoms with Gasteiger partial charge in [-0.1, -0.05) is 26.0 Å². The minimum Gasteiger partial charge on any atom is -0.399 e. The van der Waals surface area contributed by atoms with Crippen LogP contribution < -0.4 is 10.4 Å². The number of nitrogens with zero attached hydrogens (tertiary/aromatic N) is 1. The quantitative estimate of drug-likeness (QED) is 0.748. The smallest absolute Gasteiger partial charge is 0.399 e. The molecule has 0 saturated carbocycles. The highest BCUT2D eigenvalue weighted by Gasteiger charge is 2.52. The summed E-state index contributed by atoms with van der Waals surface area (Å²) >= 11 is 0. The van der Waals surface area contributed by atoms with Gasteiger partial charge in [0.25, 0.3) is 0 Å². The lowest BCUT2D eigenvalue weighted by Gasteiger charge is -2.37. The Morgan fingerprint density at radius 1 is 1.04 bits per heavy atom. The van der Waals surface area contributed by atoms with E-state index in [-0.39, 0.29) is 29.6 Å². The van der Waals surface area contributed by atoms with Gasteiger partial charge in [0.05, 0.1) is 11.2 Å². The van der Waals surface area contributed by atoms with Gasteiger partial charge in [-0.2, -0.15) is 0 Å². The highest BCUT2D eigenvalue weighted by atomic mass is 16.7. The summed E-state index contributed by atoms with van der Waals surface area (Å²) in [6.45, 7) is 12.5. The Labute approximate surface area is 139 Å². The van der Waals surface area contributed by atoms with Crippen LogP contribution in [0.2, 0.25) is 0 Å². The third-order valence-corrected chi connectivity index (χ3v) is 5.60. The molecule has 1 saturated heterocycles. The number of benzene rings is 1. The van der Waals surface area contributed by atoms with Crippen molar-refractivity contribution in [1.82, 2.24) is 0 Å². The van der Waals surface area contributed by atoms with Crippen LogP contribution >= 0.6 is 0 Å². The molecule has 0 aliphatic carbocycles. The van der Waals surface area contributed by atoms with Crippen molar-refractivity contribution in [1.29, 1.82) is 0 Å². The first-order chi connectivity index (χ1) is 10.4. The van der Waals surface area contributed by atoms with E-state index < -0.39 is 0 Å². The number of fused-ring (bicyclic) bond motifs is 1. The molecule has 2 aliphatic rings. The molecule has 0 bridgehead atoms. The van der Waals surface area contributed by atoms with Gasteiger partial charge >= 0.3 is 7.12 Å². The van der Waals surface area contributed by atoms with Crippen molar-refractivity contribution >= 4 is 24.2 Å². The summed E-state index contributed by atoms with van der Waals surface area (Å²) in [6.07, 6.45) is 0.517. The van der Waals surface area contributed by atoms with Crippen molar-refractivity contribution in [2.24, 2.45) is 0 Å². The molecule has 5 heteroatoms. The summed E-state index contributed by atoms with van der Waals surface area (Å²) in [5, 5.41) is 0. The van der Waals surface area contributed by atoms with Gasteiger partial charge in [0.2, 0.25) is 5.91 Å². The molecule has 4 nitrogen and oxygen atoms in total. The van der Waals surface area contributed by atoms with Crippen LogP contribution in [0.1, 0.15) is 53.5 Å². The first-order valence-electron chi connectivity index (χ1n) is 8.21. The maximum Gasteiger partial charge on any atom is 0.494 e. The molecule has 0 aromatic heterocycles. The molecule has 0 unspecified atom stereocenters. The zero-order valence-corrected chi connectivity index (χ0v) is 15.2. The van der Waals surface area contributed by atoms with E-state index in [1.807, 2.05) is 19.2 Å². The molecule has 0 N–H and O–H groups in total. The van der Waals surface area contributed by atoms with Crippen LogP contribution in [0.15, 0.2) is 18.2 Å². The molecule has 0 atom stereocenters. The molecule has 2 aliphatic heterocycles. The van der Waals surface area contributed by atoms with Crippen molar-refractivity contribution in [2.75, 3.05) is 11.9 Å². The molecular formula is C18H26BNO3. The zero-order chi connectivity index (χ0) is 17.2. The molecule has 2 heterocycles. The van der Waals surface area contributed by atoms with Gasteiger partial charge in [0.15, 0.2) is 0 Å². The van der Waals surface area contributed by atoms with Crippen LogP contribution in [-0.4, -0.2) is 31.3 Å². The summed E-state index contributed by atoms with van der Waals surface area (Å²) < 4.78 is 12.3. The second-order valence-electron chi connectivity index (χ2n) is 8.38. The molecule has 23 heavy (non-hydrogen) atoms. The number of hydrogen-bond acceptors (Lipinski definition) is 3. The lowest BCUT2D eigenvalue weighted by molar-refractivity contribution is -0.119. The Kier molecular flexibility index (Phi) is 3.48. The van der Waals surface area contributed by atoms with Gasteiger partial charge in [-0.25, -0.2) is 0 Å². The summed E-state index contributed by atoms with van der Waals surface area (Å²) in [6, 6.07) is 6.15. The molecule has 1 amide bonds. The Balaban J connectivity index is 2.01. The van der Waals surface area contributed by atoms with Crippen molar-refractivity contribution in [3.05, 3.63) is 23.8 Å². The highest BCUT2D eigenvalue weighted by molar-refractivity contribution is 6.62. The Morgan fingerprint density at radius 3 is 2.17 bits per heavy atom. The van der Waals surface area contributed by atoms with Gasteiger partial charge in [-0.3, -0.25) is 4.79 Å². The monoisotopic (exact) mass is 315 g/mol. The predicted octanol–water partition coefficient (Wildman–Crippen LogP) is 2.63. The van der Waals surface area contributed by atoms with Crippen LogP contribution in [0.5, 0.6) is 0 Å². The number of hydrogen-bond donors (Lipinski definition) is 0. The standard InChI is InChI=1S/C18H26BNO3/c1-16(2)11-15(21)20(7)14-9-8-12(10-13(14)16)19-22-17(3,4)18(5,6)23-19/h8-10H,11H2,1-7H3. The van der Waals surface area contributed by atoms with Gasteiger partial charge in [0, 0.05) is 24.6 Å². The van der Waals surface area contributed by atoms with Gasteiger partial charge in [-0.15, -0.1) is 0 Å². The predicted molar refractivity (Wildman–Crippen MR) is 93.2 cm³/mol. The van der Waals surface area contributed by atoms with Crippen LogP contribution in [0.25, 0.3) is 0 Å². The summed E-state index contributed by atoms with van der Waals surface area (Å²) in [4.78, 5) is 13.9. The van der Waals surface area contributed by atoms with E-state index >= 15 is 0 Å².